The van der Waals surface area contributed by atoms with Crippen LogP contribution in [-0.2, 0) is 6.61 Å². The first-order chi connectivity index (χ1) is 9.10. The molecule has 0 unspecified atom stereocenters. The summed E-state index contributed by atoms with van der Waals surface area (Å²) in [5.74, 6) is 0.108. The van der Waals surface area contributed by atoms with Gasteiger partial charge in [0, 0.05) is 5.56 Å². The smallest absolute Gasteiger partial charge is 0.142 e. The molecular formula is C15H13FN2O. The second-order valence-electron chi connectivity index (χ2n) is 4.25. The summed E-state index contributed by atoms with van der Waals surface area (Å²) in [6, 6.07) is 11.5. The van der Waals surface area contributed by atoms with Gasteiger partial charge in [0.05, 0.1) is 17.3 Å². The number of anilines is 1. The molecule has 0 saturated carbocycles. The van der Waals surface area contributed by atoms with Gasteiger partial charge < -0.3 is 10.5 Å². The van der Waals surface area contributed by atoms with E-state index in [4.69, 9.17) is 15.7 Å². The highest BCUT2D eigenvalue weighted by atomic mass is 19.1. The lowest BCUT2D eigenvalue weighted by atomic mass is 10.1. The first kappa shape index (κ1) is 12.9. The number of halogens is 1. The van der Waals surface area contributed by atoms with Crippen LogP contribution in [0.2, 0.25) is 0 Å². The third kappa shape index (κ3) is 3.02. The molecule has 2 N–H and O–H groups in total. The molecule has 0 bridgehead atoms. The van der Waals surface area contributed by atoms with Crippen molar-refractivity contribution in [3.8, 4) is 11.8 Å². The number of hydrogen-bond donors (Lipinski definition) is 1. The van der Waals surface area contributed by atoms with E-state index >= 15 is 0 Å². The maximum atomic E-state index is 13.6. The van der Waals surface area contributed by atoms with Gasteiger partial charge >= 0.3 is 0 Å². The van der Waals surface area contributed by atoms with Gasteiger partial charge in [-0.15, -0.1) is 0 Å². The van der Waals surface area contributed by atoms with Gasteiger partial charge in [0.2, 0.25) is 0 Å². The molecule has 2 aromatic rings. The molecule has 2 aromatic carbocycles. The minimum atomic E-state index is -0.398. The Labute approximate surface area is 111 Å². The monoisotopic (exact) mass is 256 g/mol. The molecule has 96 valence electrons. The molecule has 0 saturated heterocycles. The molecule has 19 heavy (non-hydrogen) atoms. The van der Waals surface area contributed by atoms with E-state index in [1.807, 2.05) is 19.1 Å². The van der Waals surface area contributed by atoms with Gasteiger partial charge in [0.25, 0.3) is 0 Å². The van der Waals surface area contributed by atoms with Gasteiger partial charge in [-0.1, -0.05) is 6.07 Å². The van der Waals surface area contributed by atoms with Crippen LogP contribution in [-0.4, -0.2) is 0 Å². The van der Waals surface area contributed by atoms with Crippen molar-refractivity contribution >= 4 is 5.69 Å². The third-order valence-electron chi connectivity index (χ3n) is 2.72. The zero-order chi connectivity index (χ0) is 13.8. The Kier molecular flexibility index (Phi) is 3.67. The first-order valence-electron chi connectivity index (χ1n) is 5.77. The second kappa shape index (κ2) is 5.40. The predicted octanol–water partition coefficient (Wildman–Crippen LogP) is 3.17. The number of rotatable bonds is 3. The fraction of sp³-hybridized carbons (Fsp3) is 0.133. The van der Waals surface area contributed by atoms with Crippen LogP contribution >= 0.6 is 0 Å². The highest BCUT2D eigenvalue weighted by molar-refractivity contribution is 5.54. The molecule has 0 atom stereocenters. The minimum Gasteiger partial charge on any atom is -0.487 e. The molecule has 0 amide bonds. The molecule has 0 aliphatic rings. The Hall–Kier alpha value is -2.54. The Morgan fingerprint density at radius 1 is 1.26 bits per heavy atom. The number of nitriles is 1. The van der Waals surface area contributed by atoms with Gasteiger partial charge in [-0.25, -0.2) is 4.39 Å². The standard InChI is InChI=1S/C15H13FN2O/c1-10-2-5-15(14(18)6-10)19-9-12-7-11(8-17)3-4-13(12)16/h2-7H,9,18H2,1H3. The van der Waals surface area contributed by atoms with Crippen LogP contribution in [0, 0.1) is 24.1 Å². The molecule has 0 radical (unpaired) electrons. The van der Waals surface area contributed by atoms with Crippen LogP contribution in [0.1, 0.15) is 16.7 Å². The fourth-order valence-electron chi connectivity index (χ4n) is 1.71. The van der Waals surface area contributed by atoms with Gasteiger partial charge in [0.1, 0.15) is 18.2 Å². The highest BCUT2D eigenvalue weighted by Crippen LogP contribution is 2.23. The van der Waals surface area contributed by atoms with Crippen molar-refractivity contribution in [2.24, 2.45) is 0 Å². The summed E-state index contributed by atoms with van der Waals surface area (Å²) in [6.07, 6.45) is 0. The van der Waals surface area contributed by atoms with Crippen LogP contribution in [0.15, 0.2) is 36.4 Å². The summed E-state index contributed by atoms with van der Waals surface area (Å²) >= 11 is 0. The average molecular weight is 256 g/mol. The van der Waals surface area contributed by atoms with E-state index in [2.05, 4.69) is 0 Å². The van der Waals surface area contributed by atoms with Crippen LogP contribution in [0.25, 0.3) is 0 Å². The maximum Gasteiger partial charge on any atom is 0.142 e. The van der Waals surface area contributed by atoms with Crippen molar-refractivity contribution in [2.45, 2.75) is 13.5 Å². The van der Waals surface area contributed by atoms with E-state index in [0.717, 1.165) is 5.56 Å². The Balaban J connectivity index is 2.16. The molecule has 3 nitrogen and oxygen atoms in total. The molecule has 4 heteroatoms. The summed E-state index contributed by atoms with van der Waals surface area (Å²) in [5.41, 5.74) is 8.08. The highest BCUT2D eigenvalue weighted by Gasteiger charge is 2.06. The largest absolute Gasteiger partial charge is 0.487 e. The number of ether oxygens (including phenoxy) is 1. The summed E-state index contributed by atoms with van der Waals surface area (Å²) < 4.78 is 19.0. The minimum absolute atomic E-state index is 0.0363. The van der Waals surface area contributed by atoms with Crippen molar-refractivity contribution in [1.29, 1.82) is 5.26 Å². The molecule has 2 rings (SSSR count). The number of benzene rings is 2. The summed E-state index contributed by atoms with van der Waals surface area (Å²) in [7, 11) is 0. The zero-order valence-corrected chi connectivity index (χ0v) is 10.5. The number of nitrogens with two attached hydrogens (primary N) is 1. The van der Waals surface area contributed by atoms with Crippen molar-refractivity contribution in [3.63, 3.8) is 0 Å². The Morgan fingerprint density at radius 3 is 2.74 bits per heavy atom. The number of nitrogens with zero attached hydrogens (tertiary/aromatic N) is 1. The van der Waals surface area contributed by atoms with Crippen LogP contribution in [0.5, 0.6) is 5.75 Å². The lowest BCUT2D eigenvalue weighted by molar-refractivity contribution is 0.301. The fourth-order valence-corrected chi connectivity index (χ4v) is 1.71. The molecule has 0 aliphatic heterocycles. The SMILES string of the molecule is Cc1ccc(OCc2cc(C#N)ccc2F)c(N)c1. The number of hydrogen-bond acceptors (Lipinski definition) is 3. The molecule has 0 fully saturated rings. The van der Waals surface area contributed by atoms with Crippen molar-refractivity contribution in [3.05, 3.63) is 58.9 Å². The van der Waals surface area contributed by atoms with E-state index in [0.29, 0.717) is 22.6 Å². The van der Waals surface area contributed by atoms with Crippen LogP contribution in [0.3, 0.4) is 0 Å². The van der Waals surface area contributed by atoms with Gasteiger partial charge in [0.15, 0.2) is 0 Å². The molecule has 0 aliphatic carbocycles. The lowest BCUT2D eigenvalue weighted by Crippen LogP contribution is -2.01. The quantitative estimate of drug-likeness (QED) is 0.858. The molecule has 0 spiro atoms. The van der Waals surface area contributed by atoms with E-state index < -0.39 is 5.82 Å². The normalized spacial score (nSPS) is 9.95. The Morgan fingerprint density at radius 2 is 2.05 bits per heavy atom. The van der Waals surface area contributed by atoms with Crippen LogP contribution < -0.4 is 10.5 Å². The topological polar surface area (TPSA) is 59.0 Å². The predicted molar refractivity (Wildman–Crippen MR) is 71.0 cm³/mol. The third-order valence-corrected chi connectivity index (χ3v) is 2.72. The number of aryl methyl sites for hydroxylation is 1. The second-order valence-corrected chi connectivity index (χ2v) is 4.25. The number of nitrogen functional groups attached to an aromatic ring is 1. The molecule has 0 heterocycles. The van der Waals surface area contributed by atoms with E-state index in [1.54, 1.807) is 12.1 Å². The average Bonchev–Trinajstić information content (AvgIpc) is 2.39. The summed E-state index contributed by atoms with van der Waals surface area (Å²) in [6.45, 7) is 1.96. The summed E-state index contributed by atoms with van der Waals surface area (Å²) in [5, 5.41) is 8.78. The molecular weight excluding hydrogens is 243 g/mol. The lowest BCUT2D eigenvalue weighted by Gasteiger charge is -2.10. The van der Waals surface area contributed by atoms with Crippen molar-refractivity contribution in [2.75, 3.05) is 5.73 Å². The van der Waals surface area contributed by atoms with Crippen molar-refractivity contribution in [1.82, 2.24) is 0 Å². The Bertz CT molecular complexity index is 647. The maximum absolute atomic E-state index is 13.6. The molecule has 0 aromatic heterocycles. The van der Waals surface area contributed by atoms with Gasteiger partial charge in [-0.2, -0.15) is 5.26 Å². The van der Waals surface area contributed by atoms with Crippen molar-refractivity contribution < 1.29 is 9.13 Å². The van der Waals surface area contributed by atoms with Gasteiger partial charge in [-0.05, 0) is 42.8 Å². The van der Waals surface area contributed by atoms with E-state index in [-0.39, 0.29) is 6.61 Å². The first-order valence-corrected chi connectivity index (χ1v) is 5.77. The zero-order valence-electron chi connectivity index (χ0n) is 10.5. The van der Waals surface area contributed by atoms with Crippen LogP contribution in [0.4, 0.5) is 10.1 Å². The summed E-state index contributed by atoms with van der Waals surface area (Å²) in [4.78, 5) is 0. The van der Waals surface area contributed by atoms with Gasteiger partial charge in [-0.3, -0.25) is 0 Å². The van der Waals surface area contributed by atoms with E-state index in [9.17, 15) is 4.39 Å². The van der Waals surface area contributed by atoms with E-state index in [1.165, 1.54) is 18.2 Å².